The van der Waals surface area contributed by atoms with Gasteiger partial charge in [0.2, 0.25) is 0 Å². The van der Waals surface area contributed by atoms with Gasteiger partial charge >= 0.3 is 0 Å². The number of carbonyl (C=O) groups excluding carboxylic acids is 1. The van der Waals surface area contributed by atoms with E-state index in [1.54, 1.807) is 11.3 Å². The molecule has 0 saturated carbocycles. The summed E-state index contributed by atoms with van der Waals surface area (Å²) in [4.78, 5) is 12.8. The van der Waals surface area contributed by atoms with Gasteiger partial charge in [-0.05, 0) is 43.8 Å². The second-order valence-corrected chi connectivity index (χ2v) is 5.71. The number of hydrogen-bond acceptors (Lipinski definition) is 4. The van der Waals surface area contributed by atoms with Crippen molar-refractivity contribution in [2.24, 2.45) is 5.10 Å². The molecule has 0 spiro atoms. The maximum Gasteiger partial charge on any atom is 0.277 e. The van der Waals surface area contributed by atoms with Gasteiger partial charge in [0, 0.05) is 4.88 Å². The molecule has 0 radical (unpaired) electrons. The van der Waals surface area contributed by atoms with Gasteiger partial charge in [-0.1, -0.05) is 23.8 Å². The summed E-state index contributed by atoms with van der Waals surface area (Å²) < 4.78 is 5.50. The van der Waals surface area contributed by atoms with Gasteiger partial charge in [-0.25, -0.2) is 5.43 Å². The zero-order chi connectivity index (χ0) is 15.2. The first-order valence-electron chi connectivity index (χ1n) is 6.63. The van der Waals surface area contributed by atoms with E-state index in [-0.39, 0.29) is 12.5 Å². The zero-order valence-corrected chi connectivity index (χ0v) is 13.2. The van der Waals surface area contributed by atoms with E-state index in [0.717, 1.165) is 21.9 Å². The Labute approximate surface area is 128 Å². The largest absolute Gasteiger partial charge is 0.483 e. The third-order valence-corrected chi connectivity index (χ3v) is 3.89. The lowest BCUT2D eigenvalue weighted by Gasteiger charge is -2.08. The van der Waals surface area contributed by atoms with Crippen molar-refractivity contribution in [2.45, 2.75) is 20.8 Å². The first-order chi connectivity index (χ1) is 10.1. The lowest BCUT2D eigenvalue weighted by Crippen LogP contribution is -2.25. The van der Waals surface area contributed by atoms with Crippen LogP contribution < -0.4 is 10.2 Å². The number of benzene rings is 1. The molecular formula is C16H18N2O2S. The van der Waals surface area contributed by atoms with Crippen LogP contribution in [0.1, 0.15) is 22.9 Å². The molecule has 1 N–H and O–H groups in total. The minimum atomic E-state index is -0.272. The molecule has 0 unspecified atom stereocenters. The predicted octanol–water partition coefficient (Wildman–Crippen LogP) is 3.28. The number of rotatable bonds is 5. The van der Waals surface area contributed by atoms with Crippen LogP contribution in [0.3, 0.4) is 0 Å². The topological polar surface area (TPSA) is 50.7 Å². The highest BCUT2D eigenvalue weighted by Gasteiger charge is 2.05. The number of ether oxygens (including phenoxy) is 1. The summed E-state index contributed by atoms with van der Waals surface area (Å²) in [5.41, 5.74) is 5.47. The molecule has 0 atom stereocenters. The average Bonchev–Trinajstić information content (AvgIpc) is 2.98. The molecule has 0 fully saturated rings. The molecule has 0 aliphatic heterocycles. The Balaban J connectivity index is 1.86. The van der Waals surface area contributed by atoms with Gasteiger partial charge in [0.15, 0.2) is 6.61 Å². The van der Waals surface area contributed by atoms with Gasteiger partial charge < -0.3 is 4.74 Å². The SMILES string of the molecule is CC(=NNC(=O)COc1ccc(C)cc1C)c1cccs1. The lowest BCUT2D eigenvalue weighted by molar-refractivity contribution is -0.123. The summed E-state index contributed by atoms with van der Waals surface area (Å²) in [6, 6.07) is 9.76. The van der Waals surface area contributed by atoms with E-state index in [1.165, 1.54) is 5.56 Å². The highest BCUT2D eigenvalue weighted by Crippen LogP contribution is 2.18. The number of hydrogen-bond donors (Lipinski definition) is 1. The molecule has 1 aromatic carbocycles. The Morgan fingerprint density at radius 1 is 1.33 bits per heavy atom. The molecule has 4 nitrogen and oxygen atoms in total. The van der Waals surface area contributed by atoms with Crippen LogP contribution >= 0.6 is 11.3 Å². The highest BCUT2D eigenvalue weighted by molar-refractivity contribution is 7.12. The first kappa shape index (κ1) is 15.3. The standard InChI is InChI=1S/C16H18N2O2S/c1-11-6-7-14(12(2)9-11)20-10-16(19)18-17-13(3)15-5-4-8-21-15/h4-9H,10H2,1-3H3,(H,18,19). The normalized spacial score (nSPS) is 11.3. The van der Waals surface area contributed by atoms with Crippen molar-refractivity contribution >= 4 is 23.0 Å². The van der Waals surface area contributed by atoms with Crippen LogP contribution in [0.5, 0.6) is 5.75 Å². The van der Waals surface area contributed by atoms with E-state index in [9.17, 15) is 4.79 Å². The Kier molecular flexibility index (Phi) is 5.11. The van der Waals surface area contributed by atoms with Crippen molar-refractivity contribution in [1.82, 2.24) is 5.43 Å². The molecule has 1 amide bonds. The Morgan fingerprint density at radius 2 is 2.14 bits per heavy atom. The van der Waals surface area contributed by atoms with Crippen molar-refractivity contribution in [1.29, 1.82) is 0 Å². The zero-order valence-electron chi connectivity index (χ0n) is 12.3. The predicted molar refractivity (Wildman–Crippen MR) is 86.1 cm³/mol. The lowest BCUT2D eigenvalue weighted by atomic mass is 10.1. The van der Waals surface area contributed by atoms with E-state index in [4.69, 9.17) is 4.74 Å². The Bertz CT molecular complexity index is 648. The minimum Gasteiger partial charge on any atom is -0.483 e. The van der Waals surface area contributed by atoms with Crippen molar-refractivity contribution in [2.75, 3.05) is 6.61 Å². The van der Waals surface area contributed by atoms with Crippen LogP contribution in [0, 0.1) is 13.8 Å². The maximum absolute atomic E-state index is 11.7. The summed E-state index contributed by atoms with van der Waals surface area (Å²) in [6.45, 7) is 5.78. The molecular weight excluding hydrogens is 284 g/mol. The second kappa shape index (κ2) is 7.04. The van der Waals surface area contributed by atoms with Crippen molar-refractivity contribution in [3.63, 3.8) is 0 Å². The molecule has 21 heavy (non-hydrogen) atoms. The molecule has 2 aromatic rings. The summed E-state index contributed by atoms with van der Waals surface area (Å²) in [5.74, 6) is 0.445. The van der Waals surface area contributed by atoms with Crippen molar-refractivity contribution in [3.8, 4) is 5.75 Å². The average molecular weight is 302 g/mol. The van der Waals surface area contributed by atoms with Crippen LogP contribution in [0.25, 0.3) is 0 Å². The number of carbonyl (C=O) groups is 1. The first-order valence-corrected chi connectivity index (χ1v) is 7.51. The fraction of sp³-hybridized carbons (Fsp3) is 0.250. The fourth-order valence-electron chi connectivity index (χ4n) is 1.82. The van der Waals surface area contributed by atoms with Gasteiger partial charge in [0.1, 0.15) is 5.75 Å². The van der Waals surface area contributed by atoms with E-state index in [0.29, 0.717) is 0 Å². The van der Waals surface area contributed by atoms with E-state index in [1.807, 2.05) is 56.5 Å². The van der Waals surface area contributed by atoms with Crippen molar-refractivity contribution < 1.29 is 9.53 Å². The van der Waals surface area contributed by atoms with E-state index >= 15 is 0 Å². The van der Waals surface area contributed by atoms with E-state index < -0.39 is 0 Å². The van der Waals surface area contributed by atoms with Gasteiger partial charge in [0.05, 0.1) is 5.71 Å². The quantitative estimate of drug-likeness (QED) is 0.680. The van der Waals surface area contributed by atoms with Crippen LogP contribution in [0.2, 0.25) is 0 Å². The molecule has 110 valence electrons. The fourth-order valence-corrected chi connectivity index (χ4v) is 2.50. The van der Waals surface area contributed by atoms with E-state index in [2.05, 4.69) is 10.5 Å². The molecule has 5 heteroatoms. The Morgan fingerprint density at radius 3 is 2.81 bits per heavy atom. The summed E-state index contributed by atoms with van der Waals surface area (Å²) >= 11 is 1.58. The molecule has 1 aromatic heterocycles. The van der Waals surface area contributed by atoms with Crippen LogP contribution in [-0.4, -0.2) is 18.2 Å². The highest BCUT2D eigenvalue weighted by atomic mass is 32.1. The number of nitrogens with zero attached hydrogens (tertiary/aromatic N) is 1. The van der Waals surface area contributed by atoms with Crippen LogP contribution in [-0.2, 0) is 4.79 Å². The maximum atomic E-state index is 11.7. The monoisotopic (exact) mass is 302 g/mol. The summed E-state index contributed by atoms with van der Waals surface area (Å²) in [7, 11) is 0. The summed E-state index contributed by atoms with van der Waals surface area (Å²) in [5, 5.41) is 6.03. The third-order valence-electron chi connectivity index (χ3n) is 2.92. The smallest absolute Gasteiger partial charge is 0.277 e. The number of amides is 1. The van der Waals surface area contributed by atoms with Crippen LogP contribution in [0.15, 0.2) is 40.8 Å². The number of aryl methyl sites for hydroxylation is 2. The number of hydrazone groups is 1. The molecule has 0 bridgehead atoms. The molecule has 2 rings (SSSR count). The van der Waals surface area contributed by atoms with Gasteiger partial charge in [0.25, 0.3) is 5.91 Å². The molecule has 0 saturated heterocycles. The molecule has 0 aliphatic rings. The molecule has 0 aliphatic carbocycles. The van der Waals surface area contributed by atoms with Gasteiger partial charge in [-0.15, -0.1) is 11.3 Å². The molecule has 1 heterocycles. The number of thiophene rings is 1. The Hall–Kier alpha value is -2.14. The second-order valence-electron chi connectivity index (χ2n) is 4.77. The third kappa shape index (κ3) is 4.43. The van der Waals surface area contributed by atoms with Gasteiger partial charge in [-0.2, -0.15) is 5.10 Å². The number of nitrogens with one attached hydrogen (secondary N) is 1. The van der Waals surface area contributed by atoms with Gasteiger partial charge in [-0.3, -0.25) is 4.79 Å². The summed E-state index contributed by atoms with van der Waals surface area (Å²) in [6.07, 6.45) is 0. The van der Waals surface area contributed by atoms with Crippen molar-refractivity contribution in [3.05, 3.63) is 51.7 Å². The van der Waals surface area contributed by atoms with Crippen LogP contribution in [0.4, 0.5) is 0 Å². The minimum absolute atomic E-state index is 0.0505.